The van der Waals surface area contributed by atoms with Gasteiger partial charge in [0.15, 0.2) is 0 Å². The van der Waals surface area contributed by atoms with Gasteiger partial charge in [0.05, 0.1) is 0 Å². The molecular weight excluding hydrogens is 404 g/mol. The maximum Gasteiger partial charge on any atom is 0.227 e. The molecule has 0 aliphatic heterocycles. The van der Waals surface area contributed by atoms with E-state index >= 15 is 0 Å². The van der Waals surface area contributed by atoms with Crippen molar-refractivity contribution in [1.29, 1.82) is 0 Å². The molecule has 33 heavy (non-hydrogen) atoms. The van der Waals surface area contributed by atoms with Gasteiger partial charge in [0.2, 0.25) is 5.71 Å². The van der Waals surface area contributed by atoms with Gasteiger partial charge in [-0.15, -0.1) is 0 Å². The Labute approximate surface area is 195 Å². The first-order valence-electron chi connectivity index (χ1n) is 11.8. The van der Waals surface area contributed by atoms with E-state index in [2.05, 4.69) is 78.4 Å². The molecule has 3 nitrogen and oxygen atoms in total. The van der Waals surface area contributed by atoms with Crippen LogP contribution in [0.5, 0.6) is 0 Å². The van der Waals surface area contributed by atoms with Crippen LogP contribution in [0, 0.1) is 6.92 Å². The fourth-order valence-electron chi connectivity index (χ4n) is 5.15. The van der Waals surface area contributed by atoms with Crippen molar-refractivity contribution in [2.45, 2.75) is 45.4 Å². The van der Waals surface area contributed by atoms with Gasteiger partial charge in [-0.3, -0.25) is 4.99 Å². The van der Waals surface area contributed by atoms with Crippen molar-refractivity contribution in [3.05, 3.63) is 89.1 Å². The van der Waals surface area contributed by atoms with Crippen LogP contribution >= 0.6 is 0 Å². The van der Waals surface area contributed by atoms with Crippen molar-refractivity contribution < 1.29 is 4.42 Å². The van der Waals surface area contributed by atoms with Gasteiger partial charge in [0.1, 0.15) is 5.58 Å². The molecule has 4 aromatic rings. The number of hydrogen-bond donors (Lipinski definition) is 0. The zero-order valence-corrected chi connectivity index (χ0v) is 19.6. The van der Waals surface area contributed by atoms with E-state index in [4.69, 9.17) is 4.42 Å². The standard InChI is InChI=1S/C30H30N2O/c1-20(28-21(2)14-16-26-27-12-7-17-32-30(27)33-29(26)28)13-15-25(19-31-3)24-11-6-10-23(18-24)22-8-4-5-9-22/h6-7,10-19,22H,4-5,8-9H2,1-3H3/b20-13+,25-15+,31-19?. The molecule has 0 N–H and O–H groups in total. The normalized spacial score (nSPS) is 16.0. The minimum atomic E-state index is 0.685. The number of pyridine rings is 1. The summed E-state index contributed by atoms with van der Waals surface area (Å²) in [7, 11) is 1.83. The first-order chi connectivity index (χ1) is 16.2. The molecule has 0 bridgehead atoms. The number of aromatic nitrogens is 1. The van der Waals surface area contributed by atoms with Crippen LogP contribution in [0.25, 0.3) is 33.2 Å². The molecule has 166 valence electrons. The molecule has 1 aliphatic carbocycles. The average molecular weight is 435 g/mol. The van der Waals surface area contributed by atoms with E-state index in [9.17, 15) is 0 Å². The summed E-state index contributed by atoms with van der Waals surface area (Å²) >= 11 is 0. The summed E-state index contributed by atoms with van der Waals surface area (Å²) in [5.41, 5.74) is 8.87. The minimum absolute atomic E-state index is 0.685. The number of furan rings is 1. The summed E-state index contributed by atoms with van der Waals surface area (Å²) in [4.78, 5) is 8.75. The van der Waals surface area contributed by atoms with E-state index in [1.54, 1.807) is 6.20 Å². The number of hydrogen-bond acceptors (Lipinski definition) is 3. The quantitative estimate of drug-likeness (QED) is 0.235. The highest BCUT2D eigenvalue weighted by atomic mass is 16.3. The number of aryl methyl sites for hydroxylation is 1. The van der Waals surface area contributed by atoms with Crippen LogP contribution < -0.4 is 0 Å². The summed E-state index contributed by atoms with van der Waals surface area (Å²) in [6.45, 7) is 4.28. The summed E-state index contributed by atoms with van der Waals surface area (Å²) in [5.74, 6) is 0.698. The van der Waals surface area contributed by atoms with Crippen LogP contribution in [-0.2, 0) is 0 Å². The second kappa shape index (κ2) is 9.19. The number of benzene rings is 2. The first kappa shape index (κ1) is 21.4. The van der Waals surface area contributed by atoms with Crippen LogP contribution in [0.1, 0.15) is 60.8 Å². The van der Waals surface area contributed by atoms with Gasteiger partial charge < -0.3 is 4.42 Å². The van der Waals surface area contributed by atoms with Gasteiger partial charge in [0, 0.05) is 35.8 Å². The molecule has 2 aromatic carbocycles. The van der Waals surface area contributed by atoms with Crippen LogP contribution in [0.3, 0.4) is 0 Å². The Balaban J connectivity index is 1.56. The first-order valence-corrected chi connectivity index (χ1v) is 11.8. The molecule has 3 heteroatoms. The van der Waals surface area contributed by atoms with Crippen LogP contribution in [0.15, 0.2) is 76.3 Å². The van der Waals surface area contributed by atoms with E-state index < -0.39 is 0 Å². The molecule has 0 atom stereocenters. The molecule has 0 amide bonds. The lowest BCUT2D eigenvalue weighted by molar-refractivity contribution is 0.652. The molecule has 0 spiro atoms. The summed E-state index contributed by atoms with van der Waals surface area (Å²) < 4.78 is 6.20. The van der Waals surface area contributed by atoms with E-state index in [-0.39, 0.29) is 0 Å². The van der Waals surface area contributed by atoms with Gasteiger partial charge in [-0.25, -0.2) is 4.98 Å². The number of allylic oxidation sites excluding steroid dienone is 4. The predicted molar refractivity (Wildman–Crippen MR) is 140 cm³/mol. The van der Waals surface area contributed by atoms with Gasteiger partial charge >= 0.3 is 0 Å². The molecule has 5 rings (SSSR count). The largest absolute Gasteiger partial charge is 0.437 e. The number of fused-ring (bicyclic) bond motifs is 3. The second-order valence-electron chi connectivity index (χ2n) is 9.06. The fraction of sp³-hybridized carbons (Fsp3) is 0.267. The Morgan fingerprint density at radius 3 is 2.70 bits per heavy atom. The molecule has 0 radical (unpaired) electrons. The highest BCUT2D eigenvalue weighted by Gasteiger charge is 2.17. The molecular formula is C30H30N2O. The van der Waals surface area contributed by atoms with Gasteiger partial charge in [-0.2, -0.15) is 0 Å². The predicted octanol–water partition coefficient (Wildman–Crippen LogP) is 8.13. The zero-order valence-electron chi connectivity index (χ0n) is 19.6. The van der Waals surface area contributed by atoms with Gasteiger partial charge in [0.25, 0.3) is 0 Å². The third-order valence-corrected chi connectivity index (χ3v) is 6.85. The molecule has 0 unspecified atom stereocenters. The van der Waals surface area contributed by atoms with Crippen molar-refractivity contribution in [2.75, 3.05) is 7.05 Å². The minimum Gasteiger partial charge on any atom is -0.437 e. The lowest BCUT2D eigenvalue weighted by Gasteiger charge is -2.12. The van der Waals surface area contributed by atoms with Crippen LogP contribution in [0.4, 0.5) is 0 Å². The summed E-state index contributed by atoms with van der Waals surface area (Å²) in [6, 6.07) is 17.3. The number of rotatable bonds is 5. The monoisotopic (exact) mass is 434 g/mol. The van der Waals surface area contributed by atoms with E-state index in [1.165, 1.54) is 42.4 Å². The average Bonchev–Trinajstić information content (AvgIpc) is 3.50. The topological polar surface area (TPSA) is 38.4 Å². The maximum atomic E-state index is 6.20. The SMILES string of the molecule is CN=C/C(=C\C=C(/C)c1c(C)ccc2c1oc1ncccc12)c1cccc(C2CCCC2)c1. The highest BCUT2D eigenvalue weighted by molar-refractivity contribution is 6.11. The lowest BCUT2D eigenvalue weighted by atomic mass is 9.93. The number of aliphatic imine (C=N–C) groups is 1. The van der Waals surface area contributed by atoms with Gasteiger partial charge in [-0.1, -0.05) is 61.4 Å². The van der Waals surface area contributed by atoms with E-state index in [0.717, 1.165) is 33.1 Å². The Bertz CT molecular complexity index is 1400. The van der Waals surface area contributed by atoms with Crippen LogP contribution in [0.2, 0.25) is 0 Å². The fourth-order valence-corrected chi connectivity index (χ4v) is 5.15. The van der Waals surface area contributed by atoms with E-state index in [0.29, 0.717) is 11.6 Å². The number of nitrogens with zero attached hydrogens (tertiary/aromatic N) is 2. The lowest BCUT2D eigenvalue weighted by Crippen LogP contribution is -1.94. The van der Waals surface area contributed by atoms with Gasteiger partial charge in [-0.05, 0) is 72.6 Å². The molecule has 2 aromatic heterocycles. The highest BCUT2D eigenvalue weighted by Crippen LogP contribution is 2.36. The van der Waals surface area contributed by atoms with E-state index in [1.807, 2.05) is 19.3 Å². The summed E-state index contributed by atoms with van der Waals surface area (Å²) in [6.07, 6.45) is 13.4. The van der Waals surface area contributed by atoms with Crippen molar-refractivity contribution in [3.8, 4) is 0 Å². The molecule has 1 aliphatic rings. The van der Waals surface area contributed by atoms with Crippen molar-refractivity contribution in [2.24, 2.45) is 4.99 Å². The van der Waals surface area contributed by atoms with Crippen molar-refractivity contribution in [3.63, 3.8) is 0 Å². The zero-order chi connectivity index (χ0) is 22.8. The third kappa shape index (κ3) is 4.16. The smallest absolute Gasteiger partial charge is 0.227 e. The Morgan fingerprint density at radius 1 is 1.03 bits per heavy atom. The second-order valence-corrected chi connectivity index (χ2v) is 9.06. The Kier molecular flexibility index (Phi) is 5.95. The molecule has 1 saturated carbocycles. The molecule has 2 heterocycles. The van der Waals surface area contributed by atoms with Crippen molar-refractivity contribution in [1.82, 2.24) is 4.98 Å². The van der Waals surface area contributed by atoms with Crippen molar-refractivity contribution >= 4 is 39.4 Å². The maximum absolute atomic E-state index is 6.20. The summed E-state index contributed by atoms with van der Waals surface area (Å²) in [5, 5.41) is 2.16. The Hall–Kier alpha value is -3.46. The van der Waals surface area contributed by atoms with Crippen LogP contribution in [-0.4, -0.2) is 18.2 Å². The third-order valence-electron chi connectivity index (χ3n) is 6.85. The Morgan fingerprint density at radius 2 is 1.88 bits per heavy atom. The molecule has 1 fully saturated rings. The molecule has 0 saturated heterocycles.